The van der Waals surface area contributed by atoms with Gasteiger partial charge >= 0.3 is 6.09 Å². The van der Waals surface area contributed by atoms with Crippen molar-refractivity contribution in [1.29, 1.82) is 0 Å². The number of fused-ring (bicyclic) bond motifs is 1. The maximum Gasteiger partial charge on any atom is 0.410 e. The summed E-state index contributed by atoms with van der Waals surface area (Å²) in [6.07, 6.45) is 3.82. The predicted octanol–water partition coefficient (Wildman–Crippen LogP) is 5.98. The smallest absolute Gasteiger partial charge is 0.410 e. The average Bonchev–Trinajstić information content (AvgIpc) is 2.84. The average molecular weight is 491 g/mol. The van der Waals surface area contributed by atoms with E-state index in [0.29, 0.717) is 19.5 Å². The Morgan fingerprint density at radius 2 is 1.86 bits per heavy atom. The fourth-order valence-electron chi connectivity index (χ4n) is 4.95. The number of amides is 2. The summed E-state index contributed by atoms with van der Waals surface area (Å²) < 4.78 is 5.52. The van der Waals surface area contributed by atoms with Crippen LogP contribution in [0.4, 0.5) is 21.9 Å². The Kier molecular flexibility index (Phi) is 7.29. The Bertz CT molecular complexity index is 1150. The molecule has 2 aromatic rings. The largest absolute Gasteiger partial charge is 0.444 e. The molecule has 0 aliphatic carbocycles. The van der Waals surface area contributed by atoms with Crippen LogP contribution in [-0.2, 0) is 9.53 Å². The lowest BCUT2D eigenvalue weighted by molar-refractivity contribution is -0.118. The van der Waals surface area contributed by atoms with Gasteiger partial charge in [-0.15, -0.1) is 0 Å². The molecular weight excluding hydrogens is 452 g/mol. The zero-order chi connectivity index (χ0) is 26.0. The van der Waals surface area contributed by atoms with Crippen LogP contribution in [0.2, 0.25) is 0 Å². The van der Waals surface area contributed by atoms with E-state index in [1.165, 1.54) is 5.57 Å². The number of carbonyl (C=O) groups excluding carboxylic acids is 2. The van der Waals surface area contributed by atoms with Crippen LogP contribution in [0.3, 0.4) is 0 Å². The highest BCUT2D eigenvalue weighted by atomic mass is 16.6. The Labute approximate surface area is 214 Å². The quantitative estimate of drug-likeness (QED) is 0.515. The van der Waals surface area contributed by atoms with Crippen LogP contribution < -0.4 is 16.0 Å². The second-order valence-corrected chi connectivity index (χ2v) is 10.7. The van der Waals surface area contributed by atoms with Gasteiger partial charge in [0.1, 0.15) is 5.60 Å². The zero-order valence-corrected chi connectivity index (χ0v) is 22.0. The summed E-state index contributed by atoms with van der Waals surface area (Å²) in [5.41, 5.74) is 11.4. The Balaban J connectivity index is 1.61. The third-order valence-corrected chi connectivity index (χ3v) is 6.74. The van der Waals surface area contributed by atoms with Gasteiger partial charge in [-0.1, -0.05) is 25.1 Å². The molecule has 2 aliphatic heterocycles. The van der Waals surface area contributed by atoms with Crippen LogP contribution in [0.5, 0.6) is 0 Å². The number of hydrogen-bond donors (Lipinski definition) is 2. The van der Waals surface area contributed by atoms with Crippen molar-refractivity contribution >= 4 is 34.6 Å². The normalized spacial score (nSPS) is 19.9. The van der Waals surface area contributed by atoms with Crippen LogP contribution in [0.25, 0.3) is 5.57 Å². The standard InChI is InChI=1S/C29H38N4O3/c1-6-27(34)33-19(2)17-25(31-23-10-8-22(30)9-11-23)24-12-7-21(18-26(24)33)20-13-15-32(16-14-20)28(35)36-29(3,4)5/h7-13,18-19,25,31H,6,14-17,30H2,1-5H3/t19-,25+/m0/s1. The molecule has 2 aliphatic rings. The van der Waals surface area contributed by atoms with E-state index in [1.54, 1.807) is 4.90 Å². The molecule has 2 aromatic carbocycles. The number of ether oxygens (including phenoxy) is 1. The van der Waals surface area contributed by atoms with E-state index in [1.807, 2.05) is 56.9 Å². The van der Waals surface area contributed by atoms with Crippen LogP contribution in [0.15, 0.2) is 48.5 Å². The van der Waals surface area contributed by atoms with Crippen molar-refractivity contribution in [3.63, 3.8) is 0 Å². The van der Waals surface area contributed by atoms with Gasteiger partial charge in [0.15, 0.2) is 0 Å². The minimum atomic E-state index is -0.511. The minimum Gasteiger partial charge on any atom is -0.444 e. The van der Waals surface area contributed by atoms with E-state index in [9.17, 15) is 9.59 Å². The molecule has 0 fully saturated rings. The van der Waals surface area contributed by atoms with Crippen molar-refractivity contribution < 1.29 is 14.3 Å². The van der Waals surface area contributed by atoms with E-state index in [-0.39, 0.29) is 24.1 Å². The van der Waals surface area contributed by atoms with Crippen molar-refractivity contribution in [3.05, 3.63) is 59.7 Å². The van der Waals surface area contributed by atoms with Gasteiger partial charge in [-0.2, -0.15) is 0 Å². The molecule has 2 atom stereocenters. The molecule has 2 amide bonds. The maximum atomic E-state index is 13.0. The fraction of sp³-hybridized carbons (Fsp3) is 0.448. The SMILES string of the molecule is CCC(=O)N1c2cc(C3=CCN(C(=O)OC(C)(C)C)CC3)ccc2[C@H](Nc2ccc(N)cc2)C[C@@H]1C. The first-order valence-corrected chi connectivity index (χ1v) is 12.8. The van der Waals surface area contributed by atoms with Crippen molar-refractivity contribution in [2.75, 3.05) is 29.0 Å². The molecule has 3 N–H and O–H groups in total. The number of nitrogens with two attached hydrogens (primary N) is 1. The number of nitrogens with one attached hydrogen (secondary N) is 1. The molecule has 0 unspecified atom stereocenters. The van der Waals surface area contributed by atoms with Crippen molar-refractivity contribution in [3.8, 4) is 0 Å². The third kappa shape index (κ3) is 5.66. The number of nitrogen functional groups attached to an aromatic ring is 1. The molecule has 0 aromatic heterocycles. The van der Waals surface area contributed by atoms with Crippen molar-refractivity contribution in [2.45, 2.75) is 71.6 Å². The first-order valence-electron chi connectivity index (χ1n) is 12.8. The van der Waals surface area contributed by atoms with E-state index < -0.39 is 5.60 Å². The van der Waals surface area contributed by atoms with Gasteiger partial charge < -0.3 is 25.6 Å². The molecular formula is C29H38N4O3. The monoisotopic (exact) mass is 490 g/mol. The number of hydrogen-bond acceptors (Lipinski definition) is 5. The molecule has 7 nitrogen and oxygen atoms in total. The second-order valence-electron chi connectivity index (χ2n) is 10.7. The minimum absolute atomic E-state index is 0.0643. The van der Waals surface area contributed by atoms with Gasteiger partial charge in [0.25, 0.3) is 0 Å². The second kappa shape index (κ2) is 10.2. The van der Waals surface area contributed by atoms with E-state index in [2.05, 4.69) is 36.5 Å². The zero-order valence-electron chi connectivity index (χ0n) is 22.0. The van der Waals surface area contributed by atoms with E-state index >= 15 is 0 Å². The fourth-order valence-corrected chi connectivity index (χ4v) is 4.95. The van der Waals surface area contributed by atoms with Crippen LogP contribution in [-0.4, -0.2) is 41.6 Å². The number of rotatable bonds is 4. The van der Waals surface area contributed by atoms with Crippen molar-refractivity contribution in [2.24, 2.45) is 0 Å². The molecule has 4 rings (SSSR count). The summed E-state index contributed by atoms with van der Waals surface area (Å²) in [4.78, 5) is 29.1. The first kappa shape index (κ1) is 25.6. The Morgan fingerprint density at radius 1 is 1.14 bits per heavy atom. The van der Waals surface area contributed by atoms with Gasteiger partial charge in [0.05, 0.1) is 6.04 Å². The molecule has 36 heavy (non-hydrogen) atoms. The van der Waals surface area contributed by atoms with Crippen LogP contribution in [0.1, 0.15) is 71.0 Å². The number of anilines is 3. The van der Waals surface area contributed by atoms with Gasteiger partial charge in [-0.25, -0.2) is 4.79 Å². The molecule has 0 saturated heterocycles. The molecule has 2 heterocycles. The Hall–Kier alpha value is -3.48. The lowest BCUT2D eigenvalue weighted by atomic mass is 9.88. The predicted molar refractivity (Wildman–Crippen MR) is 146 cm³/mol. The van der Waals surface area contributed by atoms with Gasteiger partial charge in [-0.3, -0.25) is 4.79 Å². The van der Waals surface area contributed by atoms with E-state index in [0.717, 1.165) is 41.0 Å². The Morgan fingerprint density at radius 3 is 2.47 bits per heavy atom. The number of carbonyl (C=O) groups is 2. The highest BCUT2D eigenvalue weighted by molar-refractivity contribution is 5.96. The lowest BCUT2D eigenvalue weighted by Crippen LogP contribution is -2.44. The lowest BCUT2D eigenvalue weighted by Gasteiger charge is -2.40. The van der Waals surface area contributed by atoms with Gasteiger partial charge in [0, 0.05) is 42.6 Å². The maximum absolute atomic E-state index is 13.0. The molecule has 192 valence electrons. The van der Waals surface area contributed by atoms with Crippen LogP contribution in [0, 0.1) is 0 Å². The molecule has 0 spiro atoms. The summed E-state index contributed by atoms with van der Waals surface area (Å²) in [6, 6.07) is 14.3. The van der Waals surface area contributed by atoms with Crippen molar-refractivity contribution in [1.82, 2.24) is 4.90 Å². The number of benzene rings is 2. The first-order chi connectivity index (χ1) is 17.1. The van der Waals surface area contributed by atoms with E-state index in [4.69, 9.17) is 10.5 Å². The summed E-state index contributed by atoms with van der Waals surface area (Å²) in [5, 5.41) is 3.64. The van der Waals surface area contributed by atoms with Gasteiger partial charge in [-0.05, 0) is 87.6 Å². The molecule has 7 heteroatoms. The summed E-state index contributed by atoms with van der Waals surface area (Å²) >= 11 is 0. The molecule has 0 saturated carbocycles. The highest BCUT2D eigenvalue weighted by Gasteiger charge is 2.34. The molecule has 0 radical (unpaired) electrons. The molecule has 0 bridgehead atoms. The summed E-state index contributed by atoms with van der Waals surface area (Å²) in [6.45, 7) is 10.8. The van der Waals surface area contributed by atoms with Gasteiger partial charge in [0.2, 0.25) is 5.91 Å². The highest BCUT2D eigenvalue weighted by Crippen LogP contribution is 2.41. The summed E-state index contributed by atoms with van der Waals surface area (Å²) in [7, 11) is 0. The summed E-state index contributed by atoms with van der Waals surface area (Å²) in [5.74, 6) is 0.126. The van der Waals surface area contributed by atoms with Crippen LogP contribution >= 0.6 is 0 Å². The topological polar surface area (TPSA) is 87.9 Å². The number of nitrogens with zero attached hydrogens (tertiary/aromatic N) is 2. The third-order valence-electron chi connectivity index (χ3n) is 6.74.